The largest absolute Gasteiger partial charge is 0.494 e. The Balaban J connectivity index is 2.09. The minimum atomic E-state index is -1.90. The molecule has 13 nitrogen and oxygen atoms in total. The van der Waals surface area contributed by atoms with Crippen LogP contribution in [0.2, 0.25) is 0 Å². The highest BCUT2D eigenvalue weighted by Crippen LogP contribution is 2.18. The van der Waals surface area contributed by atoms with Gasteiger partial charge in [0.25, 0.3) is 5.56 Å². The van der Waals surface area contributed by atoms with Crippen LogP contribution in [0.25, 0.3) is 0 Å². The van der Waals surface area contributed by atoms with Gasteiger partial charge >= 0.3 is 17.6 Å². The third-order valence-corrected chi connectivity index (χ3v) is 5.61. The molecular weight excluding hydrogens is 493 g/mol. The molecule has 0 saturated carbocycles. The van der Waals surface area contributed by atoms with Gasteiger partial charge in [0.2, 0.25) is 5.88 Å². The molecule has 3 rings (SSSR count). The van der Waals surface area contributed by atoms with Gasteiger partial charge in [0.15, 0.2) is 5.78 Å². The first-order valence-electron chi connectivity index (χ1n) is 11.3. The fourth-order valence-electron chi connectivity index (χ4n) is 3.81. The summed E-state index contributed by atoms with van der Waals surface area (Å²) in [6, 6.07) is 6.36. The fourth-order valence-corrected chi connectivity index (χ4v) is 3.81. The van der Waals surface area contributed by atoms with Crippen LogP contribution in [-0.4, -0.2) is 60.4 Å². The molecule has 198 valence electrons. The zero-order valence-corrected chi connectivity index (χ0v) is 19.6. The highest BCUT2D eigenvalue weighted by atomic mass is 19.1. The number of rotatable bonds is 13. The van der Waals surface area contributed by atoms with Crippen LogP contribution in [0.5, 0.6) is 5.88 Å². The molecule has 0 amide bonds. The molecule has 2 aromatic rings. The van der Waals surface area contributed by atoms with Crippen LogP contribution >= 0.6 is 0 Å². The van der Waals surface area contributed by atoms with E-state index in [-0.39, 0.29) is 13.0 Å². The molecule has 1 aliphatic rings. The number of aliphatic carboxylic acids is 2. The maximum atomic E-state index is 13.3. The van der Waals surface area contributed by atoms with Crippen molar-refractivity contribution in [2.45, 2.75) is 38.3 Å². The number of carboxylic acids is 2. The number of nitrogens with one attached hydrogen (secondary N) is 2. The molecule has 2 heterocycles. The number of alkyl halides is 1. The Morgan fingerprint density at radius 2 is 1.78 bits per heavy atom. The summed E-state index contributed by atoms with van der Waals surface area (Å²) in [5.41, 5.74) is 3.05. The zero-order valence-electron chi connectivity index (χ0n) is 19.6. The second-order valence-electron chi connectivity index (χ2n) is 8.25. The molecule has 0 saturated heterocycles. The first-order chi connectivity index (χ1) is 17.6. The quantitative estimate of drug-likeness (QED) is 0.230. The molecule has 0 bridgehead atoms. The van der Waals surface area contributed by atoms with Crippen molar-refractivity contribution >= 4 is 17.7 Å². The van der Waals surface area contributed by atoms with Crippen molar-refractivity contribution < 1.29 is 34.1 Å². The lowest BCUT2D eigenvalue weighted by molar-refractivity contribution is -0.142. The highest BCUT2D eigenvalue weighted by molar-refractivity contribution is 5.99. The smallest absolute Gasteiger partial charge is 0.334 e. The number of hydrogen-bond donors (Lipinski definition) is 5. The number of halogens is 1. The molecule has 0 radical (unpaired) electrons. The van der Waals surface area contributed by atoms with E-state index in [9.17, 15) is 38.6 Å². The molecule has 1 atom stereocenters. The Kier molecular flexibility index (Phi) is 8.79. The van der Waals surface area contributed by atoms with E-state index in [4.69, 9.17) is 5.11 Å². The molecule has 0 unspecified atom stereocenters. The van der Waals surface area contributed by atoms with E-state index >= 15 is 0 Å². The monoisotopic (exact) mass is 519 g/mol. The van der Waals surface area contributed by atoms with Crippen LogP contribution < -0.4 is 22.2 Å². The topological polar surface area (TPSA) is 183 Å². The summed E-state index contributed by atoms with van der Waals surface area (Å²) in [7, 11) is 0. The second-order valence-corrected chi connectivity index (χ2v) is 8.25. The molecule has 0 spiro atoms. The standard InChI is InChI=1S/C23H26FN5O8/c24-10-4-7-15-12-27(26-25-15)13-17(30)19-20(33)28(11-14-5-2-1-3-6-14)23(37)29(21(19)34)16(22(35)36)8-9-18(31)32/h1-3,5-6,12,16,25-26,33H,4,7-11,13H2,(H,31,32)(H,35,36)/t16-/m0/s1. The van der Waals surface area contributed by atoms with Crippen molar-refractivity contribution in [1.82, 2.24) is 25.1 Å². The van der Waals surface area contributed by atoms with Gasteiger partial charge in [-0.15, -0.1) is 5.53 Å². The molecule has 14 heteroatoms. The predicted molar refractivity (Wildman–Crippen MR) is 126 cm³/mol. The maximum Gasteiger partial charge on any atom is 0.334 e. The van der Waals surface area contributed by atoms with Gasteiger partial charge in [-0.25, -0.2) is 14.2 Å². The average Bonchev–Trinajstić information content (AvgIpc) is 3.29. The minimum Gasteiger partial charge on any atom is -0.494 e. The Morgan fingerprint density at radius 3 is 2.41 bits per heavy atom. The van der Waals surface area contributed by atoms with Crippen LogP contribution in [0.3, 0.4) is 0 Å². The first kappa shape index (κ1) is 27.1. The van der Waals surface area contributed by atoms with Gasteiger partial charge in [0, 0.05) is 18.3 Å². The Morgan fingerprint density at radius 1 is 1.08 bits per heavy atom. The van der Waals surface area contributed by atoms with Crippen molar-refractivity contribution in [3.8, 4) is 5.88 Å². The molecular formula is C23H26FN5O8. The predicted octanol–water partition coefficient (Wildman–Crippen LogP) is 0.353. The van der Waals surface area contributed by atoms with Gasteiger partial charge in [-0.2, -0.15) is 0 Å². The van der Waals surface area contributed by atoms with Crippen LogP contribution in [-0.2, 0) is 16.1 Å². The van der Waals surface area contributed by atoms with Gasteiger partial charge in [0.1, 0.15) is 11.6 Å². The Bertz CT molecular complexity index is 1320. The summed E-state index contributed by atoms with van der Waals surface area (Å²) >= 11 is 0. The zero-order chi connectivity index (χ0) is 27.1. The lowest BCUT2D eigenvalue weighted by atomic mass is 10.1. The van der Waals surface area contributed by atoms with Crippen molar-refractivity contribution in [3.63, 3.8) is 0 Å². The van der Waals surface area contributed by atoms with Gasteiger partial charge < -0.3 is 20.7 Å². The number of aromatic hydroxyl groups is 1. The number of carbonyl (C=O) groups is 3. The number of nitrogens with zero attached hydrogens (tertiary/aromatic N) is 3. The van der Waals surface area contributed by atoms with Gasteiger partial charge in [-0.3, -0.25) is 28.4 Å². The molecule has 5 N–H and O–H groups in total. The number of benzene rings is 1. The summed E-state index contributed by atoms with van der Waals surface area (Å²) in [6.07, 6.45) is 0.780. The number of hydrogen-bond acceptors (Lipinski definition) is 9. The molecule has 0 aliphatic carbocycles. The summed E-state index contributed by atoms with van der Waals surface area (Å²) in [5, 5.41) is 30.8. The van der Waals surface area contributed by atoms with Gasteiger partial charge in [-0.05, 0) is 24.8 Å². The SMILES string of the molecule is O=C(O)CC[C@@H](C(=O)O)n1c(=O)c(C(=O)CN2C=C(CCCF)NN2)c(O)n(Cc2ccccc2)c1=O. The number of allylic oxidation sites excluding steroid dienone is 1. The normalized spacial score (nSPS) is 13.6. The molecule has 1 aliphatic heterocycles. The molecule has 1 aromatic carbocycles. The summed E-state index contributed by atoms with van der Waals surface area (Å²) in [5.74, 6) is -4.89. The van der Waals surface area contributed by atoms with E-state index in [2.05, 4.69) is 11.0 Å². The number of hydrazine groups is 2. The van der Waals surface area contributed by atoms with E-state index in [1.807, 2.05) is 0 Å². The van der Waals surface area contributed by atoms with Crippen molar-refractivity contribution in [3.05, 3.63) is 74.2 Å². The number of carbonyl (C=O) groups excluding carboxylic acids is 1. The Labute approximate surface area is 209 Å². The third-order valence-electron chi connectivity index (χ3n) is 5.61. The van der Waals surface area contributed by atoms with Crippen LogP contribution in [0.1, 0.15) is 47.6 Å². The van der Waals surface area contributed by atoms with Gasteiger partial charge in [-0.1, -0.05) is 30.3 Å². The summed E-state index contributed by atoms with van der Waals surface area (Å²) < 4.78 is 13.4. The number of ketones is 1. The number of Topliss-reactive ketones (excluding diaryl/α,β-unsaturated/α-hetero) is 1. The molecule has 1 aromatic heterocycles. The van der Waals surface area contributed by atoms with Crippen LogP contribution in [0, 0.1) is 0 Å². The van der Waals surface area contributed by atoms with Crippen molar-refractivity contribution in [1.29, 1.82) is 0 Å². The van der Waals surface area contributed by atoms with E-state index in [0.29, 0.717) is 26.8 Å². The molecule has 0 fully saturated rings. The van der Waals surface area contributed by atoms with Crippen molar-refractivity contribution in [2.24, 2.45) is 0 Å². The summed E-state index contributed by atoms with van der Waals surface area (Å²) in [4.78, 5) is 62.7. The lowest BCUT2D eigenvalue weighted by Gasteiger charge is -2.20. The van der Waals surface area contributed by atoms with Gasteiger partial charge in [0.05, 0.1) is 19.8 Å². The lowest BCUT2D eigenvalue weighted by Crippen LogP contribution is -2.48. The number of aromatic nitrogens is 2. The van der Waals surface area contributed by atoms with E-state index < -0.39 is 72.5 Å². The minimum absolute atomic E-state index is 0.241. The van der Waals surface area contributed by atoms with E-state index in [1.54, 1.807) is 30.3 Å². The summed E-state index contributed by atoms with van der Waals surface area (Å²) in [6.45, 7) is -1.35. The highest BCUT2D eigenvalue weighted by Gasteiger charge is 2.32. The van der Waals surface area contributed by atoms with E-state index in [1.165, 1.54) is 11.2 Å². The Hall–Kier alpha value is -4.46. The average molecular weight is 519 g/mol. The van der Waals surface area contributed by atoms with E-state index in [0.717, 1.165) is 0 Å². The van der Waals surface area contributed by atoms with Crippen LogP contribution in [0.4, 0.5) is 4.39 Å². The molecule has 37 heavy (non-hydrogen) atoms. The first-order valence-corrected chi connectivity index (χ1v) is 11.3. The third kappa shape index (κ3) is 6.41. The van der Waals surface area contributed by atoms with Crippen molar-refractivity contribution in [2.75, 3.05) is 13.2 Å². The maximum absolute atomic E-state index is 13.3. The second kappa shape index (κ2) is 12.0. The number of carboxylic acid groups (broad SMARTS) is 2. The fraction of sp³-hybridized carbons (Fsp3) is 0.348. The van der Waals surface area contributed by atoms with Crippen LogP contribution in [0.15, 0.2) is 51.8 Å².